The number of carbonyl (C=O) groups is 4. The summed E-state index contributed by atoms with van der Waals surface area (Å²) < 4.78 is 24.9. The number of carbonyl (C=O) groups excluding carboxylic acids is 4. The second-order valence-electron chi connectivity index (χ2n) is 8.34. The molecule has 1 N–H and O–H groups in total. The number of hydrogen-bond donors (Lipinski definition) is 1. The van der Waals surface area contributed by atoms with Crippen molar-refractivity contribution >= 4 is 41.7 Å². The molecule has 3 amide bonds. The molecule has 194 valence electrons. The molecule has 12 nitrogen and oxygen atoms in total. The lowest BCUT2D eigenvalue weighted by Crippen LogP contribution is -2.42. The minimum Gasteiger partial charge on any atom is -0.456 e. The van der Waals surface area contributed by atoms with Crippen molar-refractivity contribution in [1.82, 2.24) is 15.3 Å². The summed E-state index contributed by atoms with van der Waals surface area (Å²) >= 11 is 0. The number of nitrogens with zero attached hydrogens (tertiary/aromatic N) is 5. The first-order valence-corrected chi connectivity index (χ1v) is 11.4. The summed E-state index contributed by atoms with van der Waals surface area (Å²) in [5, 5.41) is 7.88. The molecule has 1 fully saturated rings. The Morgan fingerprint density at radius 1 is 1.19 bits per heavy atom. The number of esters is 1. The average Bonchev–Trinajstić information content (AvgIpc) is 3.26. The molecule has 1 saturated heterocycles. The molecular formula is C24H25FN6O6. The molecule has 1 atom stereocenters. The van der Waals surface area contributed by atoms with Gasteiger partial charge in [-0.15, -0.1) is 0 Å². The van der Waals surface area contributed by atoms with E-state index in [1.807, 2.05) is 0 Å². The minimum absolute atomic E-state index is 0.181. The molecule has 2 aliphatic heterocycles. The van der Waals surface area contributed by atoms with Gasteiger partial charge in [-0.05, 0) is 30.3 Å². The maximum Gasteiger partial charge on any atom is 0.414 e. The largest absolute Gasteiger partial charge is 0.456 e. The minimum atomic E-state index is -0.608. The molecule has 0 radical (unpaired) electrons. The van der Waals surface area contributed by atoms with Gasteiger partial charge in [-0.3, -0.25) is 19.3 Å². The van der Waals surface area contributed by atoms with E-state index in [-0.39, 0.29) is 32.1 Å². The van der Waals surface area contributed by atoms with Crippen LogP contribution in [0.3, 0.4) is 0 Å². The van der Waals surface area contributed by atoms with Crippen LogP contribution in [-0.4, -0.2) is 79.1 Å². The number of benzene rings is 1. The number of aromatic nitrogens is 1. The van der Waals surface area contributed by atoms with E-state index in [4.69, 9.17) is 9.47 Å². The smallest absolute Gasteiger partial charge is 0.414 e. The molecular weight excluding hydrogens is 487 g/mol. The van der Waals surface area contributed by atoms with Gasteiger partial charge >= 0.3 is 12.1 Å². The van der Waals surface area contributed by atoms with Crippen molar-refractivity contribution < 1.29 is 33.0 Å². The number of nitrogens with one attached hydrogen (secondary N) is 1. The molecule has 0 bridgehead atoms. The third-order valence-electron chi connectivity index (χ3n) is 5.64. The molecule has 0 unspecified atom stereocenters. The van der Waals surface area contributed by atoms with Gasteiger partial charge in [-0.2, -0.15) is 5.10 Å². The SMILES string of the molecule is CC(=O)NC[C@H]1CN(c2ccc(-c3ccc(N4C=NN(C(=O)COC(C)=O)CC4)nc3)c(F)c2)C(=O)O1. The standard InChI is InChI=1S/C24H25FN6O6/c1-15(32)26-11-19-12-30(24(35)37-19)18-4-5-20(21(25)9-18)17-3-6-22(27-10-17)29-7-8-31(28-14-29)23(34)13-36-16(2)33/h3-6,9-10,14,19H,7-8,11-13H2,1-2H3,(H,26,32)/t19-/m0/s1. The van der Waals surface area contributed by atoms with Crippen molar-refractivity contribution in [1.29, 1.82) is 0 Å². The summed E-state index contributed by atoms with van der Waals surface area (Å²) in [6.07, 6.45) is 1.84. The van der Waals surface area contributed by atoms with Crippen LogP contribution in [0, 0.1) is 5.82 Å². The quantitative estimate of drug-likeness (QED) is 0.552. The number of hydrogen-bond acceptors (Lipinski definition) is 9. The summed E-state index contributed by atoms with van der Waals surface area (Å²) in [6, 6.07) is 7.84. The number of amides is 3. The molecule has 1 aromatic carbocycles. The first-order valence-electron chi connectivity index (χ1n) is 11.4. The van der Waals surface area contributed by atoms with Crippen LogP contribution in [-0.2, 0) is 23.9 Å². The van der Waals surface area contributed by atoms with Crippen LogP contribution in [0.25, 0.3) is 11.1 Å². The molecule has 2 aromatic rings. The van der Waals surface area contributed by atoms with Crippen LogP contribution in [0.4, 0.5) is 20.7 Å². The van der Waals surface area contributed by atoms with E-state index in [2.05, 4.69) is 15.4 Å². The first kappa shape index (κ1) is 25.5. The van der Waals surface area contributed by atoms with E-state index >= 15 is 0 Å². The average molecular weight is 512 g/mol. The Labute approximate surface area is 211 Å². The summed E-state index contributed by atoms with van der Waals surface area (Å²) in [5.41, 5.74) is 1.19. The predicted octanol–water partition coefficient (Wildman–Crippen LogP) is 1.50. The Morgan fingerprint density at radius 2 is 2.00 bits per heavy atom. The monoisotopic (exact) mass is 512 g/mol. The number of rotatable bonds is 7. The Kier molecular flexibility index (Phi) is 7.60. The molecule has 37 heavy (non-hydrogen) atoms. The third-order valence-corrected chi connectivity index (χ3v) is 5.64. The maximum atomic E-state index is 15.0. The highest BCUT2D eigenvalue weighted by Crippen LogP contribution is 2.29. The molecule has 0 aliphatic carbocycles. The topological polar surface area (TPSA) is 134 Å². The predicted molar refractivity (Wildman–Crippen MR) is 130 cm³/mol. The number of pyridine rings is 1. The van der Waals surface area contributed by atoms with Gasteiger partial charge in [-0.1, -0.05) is 0 Å². The summed E-state index contributed by atoms with van der Waals surface area (Å²) in [7, 11) is 0. The molecule has 13 heteroatoms. The van der Waals surface area contributed by atoms with Crippen LogP contribution >= 0.6 is 0 Å². The van der Waals surface area contributed by atoms with Crippen molar-refractivity contribution in [3.8, 4) is 11.1 Å². The van der Waals surface area contributed by atoms with Gasteiger partial charge in [0.1, 0.15) is 24.1 Å². The highest BCUT2D eigenvalue weighted by molar-refractivity contribution is 5.90. The zero-order valence-corrected chi connectivity index (χ0v) is 20.2. The second kappa shape index (κ2) is 11.0. The summed E-state index contributed by atoms with van der Waals surface area (Å²) in [5.74, 6) is -1.19. The van der Waals surface area contributed by atoms with Gasteiger partial charge < -0.3 is 19.7 Å². The maximum absolute atomic E-state index is 15.0. The van der Waals surface area contributed by atoms with E-state index in [0.29, 0.717) is 29.2 Å². The Hall–Kier alpha value is -4.55. The van der Waals surface area contributed by atoms with Crippen molar-refractivity contribution in [3.63, 3.8) is 0 Å². The van der Waals surface area contributed by atoms with Gasteiger partial charge in [0.25, 0.3) is 5.91 Å². The van der Waals surface area contributed by atoms with Crippen LogP contribution in [0.1, 0.15) is 13.8 Å². The normalized spacial score (nSPS) is 17.0. The molecule has 1 aromatic heterocycles. The fourth-order valence-corrected chi connectivity index (χ4v) is 3.76. The highest BCUT2D eigenvalue weighted by Gasteiger charge is 2.32. The van der Waals surface area contributed by atoms with Gasteiger partial charge in [0.05, 0.1) is 25.3 Å². The molecule has 2 aliphatic rings. The number of ether oxygens (including phenoxy) is 2. The summed E-state index contributed by atoms with van der Waals surface area (Å²) in [4.78, 5) is 53.6. The number of hydrazone groups is 1. The van der Waals surface area contributed by atoms with Gasteiger partial charge in [0, 0.05) is 37.7 Å². The second-order valence-corrected chi connectivity index (χ2v) is 8.34. The number of anilines is 2. The lowest BCUT2D eigenvalue weighted by molar-refractivity contribution is -0.150. The molecule has 0 saturated carbocycles. The first-order chi connectivity index (χ1) is 17.7. The Bertz CT molecular complexity index is 1240. The third kappa shape index (κ3) is 6.18. The van der Waals surface area contributed by atoms with Crippen molar-refractivity contribution in [3.05, 3.63) is 42.3 Å². The van der Waals surface area contributed by atoms with Crippen molar-refractivity contribution in [2.45, 2.75) is 20.0 Å². The van der Waals surface area contributed by atoms with Crippen LogP contribution < -0.4 is 15.1 Å². The number of cyclic esters (lactones) is 1. The lowest BCUT2D eigenvalue weighted by Gasteiger charge is -2.27. The fourth-order valence-electron chi connectivity index (χ4n) is 3.76. The Morgan fingerprint density at radius 3 is 2.62 bits per heavy atom. The van der Waals surface area contributed by atoms with Crippen LogP contribution in [0.15, 0.2) is 41.6 Å². The lowest BCUT2D eigenvalue weighted by atomic mass is 10.1. The zero-order chi connectivity index (χ0) is 26.5. The van der Waals surface area contributed by atoms with E-state index in [9.17, 15) is 23.6 Å². The van der Waals surface area contributed by atoms with Crippen LogP contribution in [0.5, 0.6) is 0 Å². The van der Waals surface area contributed by atoms with E-state index in [0.717, 1.165) is 0 Å². The zero-order valence-electron chi connectivity index (χ0n) is 20.2. The van der Waals surface area contributed by atoms with Gasteiger partial charge in [0.15, 0.2) is 6.61 Å². The molecule has 4 rings (SSSR count). The fraction of sp³-hybridized carbons (Fsp3) is 0.333. The number of halogens is 1. The molecule has 3 heterocycles. The molecule has 0 spiro atoms. The van der Waals surface area contributed by atoms with Crippen molar-refractivity contribution in [2.75, 3.05) is 42.6 Å². The highest BCUT2D eigenvalue weighted by atomic mass is 19.1. The van der Waals surface area contributed by atoms with E-state index in [1.165, 1.54) is 42.4 Å². The van der Waals surface area contributed by atoms with Gasteiger partial charge in [0.2, 0.25) is 5.91 Å². The van der Waals surface area contributed by atoms with Crippen LogP contribution in [0.2, 0.25) is 0 Å². The van der Waals surface area contributed by atoms with E-state index < -0.39 is 29.9 Å². The van der Waals surface area contributed by atoms with E-state index in [1.54, 1.807) is 29.2 Å². The van der Waals surface area contributed by atoms with Crippen molar-refractivity contribution in [2.24, 2.45) is 5.10 Å². The van der Waals surface area contributed by atoms with Gasteiger partial charge in [-0.25, -0.2) is 19.2 Å². The summed E-state index contributed by atoms with van der Waals surface area (Å²) in [6.45, 7) is 3.29. The Balaban J connectivity index is 1.39.